The van der Waals surface area contributed by atoms with Crippen molar-refractivity contribution in [1.29, 1.82) is 0 Å². The molecule has 110 valence electrons. The van der Waals surface area contributed by atoms with Crippen molar-refractivity contribution in [1.82, 2.24) is 0 Å². The first kappa shape index (κ1) is 14.7. The van der Waals surface area contributed by atoms with E-state index in [0.29, 0.717) is 0 Å². The highest BCUT2D eigenvalue weighted by molar-refractivity contribution is 7.93. The topological polar surface area (TPSA) is 107 Å². The Labute approximate surface area is 121 Å². The van der Waals surface area contributed by atoms with Gasteiger partial charge in [0, 0.05) is 17.8 Å². The van der Waals surface area contributed by atoms with Crippen LogP contribution in [0.25, 0.3) is 6.08 Å². The van der Waals surface area contributed by atoms with Crippen LogP contribution in [0.3, 0.4) is 0 Å². The van der Waals surface area contributed by atoms with Gasteiger partial charge in [0.25, 0.3) is 10.0 Å². The molecule has 7 heteroatoms. The maximum atomic E-state index is 12.2. The van der Waals surface area contributed by atoms with Gasteiger partial charge in [-0.1, -0.05) is 24.8 Å². The lowest BCUT2D eigenvalue weighted by Crippen LogP contribution is -2.13. The molecule has 0 fully saturated rings. The molecule has 2 rings (SSSR count). The molecular formula is C14H13NO5S. The van der Waals surface area contributed by atoms with Gasteiger partial charge in [-0.05, 0) is 17.7 Å². The summed E-state index contributed by atoms with van der Waals surface area (Å²) in [7, 11) is -4.20. The third-order valence-corrected chi connectivity index (χ3v) is 4.16. The standard InChI is InChI=1S/C14H13NO5S/c1-2-9-3-5-10(6-4-9)15-21(19,20)14-12(17)7-11(16)8-13(14)18/h2-8,15-18H,1H2. The Hall–Kier alpha value is -2.67. The summed E-state index contributed by atoms with van der Waals surface area (Å²) in [6.45, 7) is 3.59. The fraction of sp³-hybridized carbons (Fsp3) is 0. The maximum Gasteiger partial charge on any atom is 0.269 e. The van der Waals surface area contributed by atoms with Gasteiger partial charge in [-0.25, -0.2) is 8.42 Å². The van der Waals surface area contributed by atoms with E-state index in [2.05, 4.69) is 11.3 Å². The van der Waals surface area contributed by atoms with E-state index < -0.39 is 32.2 Å². The van der Waals surface area contributed by atoms with Crippen LogP contribution >= 0.6 is 0 Å². The predicted octanol–water partition coefficient (Wildman–Crippen LogP) is 2.25. The molecule has 0 atom stereocenters. The number of benzene rings is 2. The molecule has 0 aliphatic carbocycles. The molecule has 0 amide bonds. The van der Waals surface area contributed by atoms with Gasteiger partial charge < -0.3 is 15.3 Å². The van der Waals surface area contributed by atoms with E-state index in [-0.39, 0.29) is 5.69 Å². The highest BCUT2D eigenvalue weighted by atomic mass is 32.2. The van der Waals surface area contributed by atoms with Crippen molar-refractivity contribution in [2.75, 3.05) is 4.72 Å². The van der Waals surface area contributed by atoms with Gasteiger partial charge in [-0.3, -0.25) is 4.72 Å². The summed E-state index contributed by atoms with van der Waals surface area (Å²) < 4.78 is 26.6. The van der Waals surface area contributed by atoms with Crippen molar-refractivity contribution in [3.05, 3.63) is 48.5 Å². The third-order valence-electron chi connectivity index (χ3n) is 2.70. The summed E-state index contributed by atoms with van der Waals surface area (Å²) in [4.78, 5) is -0.701. The second kappa shape index (κ2) is 5.37. The zero-order valence-electron chi connectivity index (χ0n) is 10.8. The molecule has 2 aromatic carbocycles. The van der Waals surface area contributed by atoms with E-state index in [9.17, 15) is 23.7 Å². The summed E-state index contributed by atoms with van der Waals surface area (Å²) in [6.07, 6.45) is 1.61. The quantitative estimate of drug-likeness (QED) is 0.693. The molecular weight excluding hydrogens is 294 g/mol. The molecule has 0 aliphatic rings. The van der Waals surface area contributed by atoms with E-state index in [1.54, 1.807) is 18.2 Å². The highest BCUT2D eigenvalue weighted by Gasteiger charge is 2.24. The number of hydrogen-bond donors (Lipinski definition) is 4. The number of phenolic OH excluding ortho intramolecular Hbond substituents is 3. The zero-order valence-corrected chi connectivity index (χ0v) is 11.6. The molecule has 0 aromatic heterocycles. The predicted molar refractivity (Wildman–Crippen MR) is 78.8 cm³/mol. The van der Waals surface area contributed by atoms with Crippen LogP contribution in [0, 0.1) is 0 Å². The van der Waals surface area contributed by atoms with E-state index in [4.69, 9.17) is 0 Å². The van der Waals surface area contributed by atoms with Crippen LogP contribution < -0.4 is 4.72 Å². The Bertz CT molecular complexity index is 759. The molecule has 6 nitrogen and oxygen atoms in total. The van der Waals surface area contributed by atoms with Crippen molar-refractivity contribution in [2.45, 2.75) is 4.90 Å². The van der Waals surface area contributed by atoms with Crippen LogP contribution in [0.4, 0.5) is 5.69 Å². The molecule has 21 heavy (non-hydrogen) atoms. The van der Waals surface area contributed by atoms with E-state index in [1.165, 1.54) is 12.1 Å². The summed E-state index contributed by atoms with van der Waals surface area (Å²) in [5.74, 6) is -1.94. The molecule has 0 aliphatic heterocycles. The first-order valence-electron chi connectivity index (χ1n) is 5.84. The smallest absolute Gasteiger partial charge is 0.269 e. The molecule has 0 radical (unpaired) electrons. The van der Waals surface area contributed by atoms with E-state index in [0.717, 1.165) is 17.7 Å². The van der Waals surface area contributed by atoms with Gasteiger partial charge in [0.15, 0.2) is 4.90 Å². The summed E-state index contributed by atoms with van der Waals surface area (Å²) in [6, 6.07) is 8.00. The van der Waals surface area contributed by atoms with Crippen LogP contribution in [-0.2, 0) is 10.0 Å². The van der Waals surface area contributed by atoms with Crippen LogP contribution in [0.15, 0.2) is 47.9 Å². The zero-order chi connectivity index (χ0) is 15.6. The Morgan fingerprint density at radius 3 is 2.00 bits per heavy atom. The van der Waals surface area contributed by atoms with Crippen LogP contribution in [0.2, 0.25) is 0 Å². The maximum absolute atomic E-state index is 12.2. The van der Waals surface area contributed by atoms with Gasteiger partial charge in [-0.15, -0.1) is 0 Å². The normalized spacial score (nSPS) is 11.0. The number of nitrogens with one attached hydrogen (secondary N) is 1. The van der Waals surface area contributed by atoms with Gasteiger partial charge >= 0.3 is 0 Å². The largest absolute Gasteiger partial charge is 0.508 e. The minimum absolute atomic E-state index is 0.257. The first-order chi connectivity index (χ1) is 9.83. The molecule has 2 aromatic rings. The fourth-order valence-electron chi connectivity index (χ4n) is 1.75. The monoisotopic (exact) mass is 307 g/mol. The average molecular weight is 307 g/mol. The number of anilines is 1. The fourth-order valence-corrected chi connectivity index (χ4v) is 2.97. The highest BCUT2D eigenvalue weighted by Crippen LogP contribution is 2.36. The summed E-state index contributed by atoms with van der Waals surface area (Å²) in [5.41, 5.74) is 1.07. The number of phenols is 3. The second-order valence-electron chi connectivity index (χ2n) is 4.24. The van der Waals surface area contributed by atoms with Crippen LogP contribution in [0.1, 0.15) is 5.56 Å². The molecule has 0 saturated carbocycles. The van der Waals surface area contributed by atoms with Crippen LogP contribution in [-0.4, -0.2) is 23.7 Å². The Balaban J connectivity index is 2.40. The first-order valence-corrected chi connectivity index (χ1v) is 7.32. The minimum Gasteiger partial charge on any atom is -0.508 e. The van der Waals surface area contributed by atoms with Crippen LogP contribution in [0.5, 0.6) is 17.2 Å². The SMILES string of the molecule is C=Cc1ccc(NS(=O)(=O)c2c(O)cc(O)cc2O)cc1. The van der Waals surface area contributed by atoms with Crippen molar-refractivity contribution >= 4 is 21.8 Å². The minimum atomic E-state index is -4.20. The lowest BCUT2D eigenvalue weighted by molar-refractivity contribution is 0.407. The molecule has 0 saturated heterocycles. The Morgan fingerprint density at radius 1 is 1.00 bits per heavy atom. The molecule has 0 heterocycles. The Kier molecular flexibility index (Phi) is 3.77. The van der Waals surface area contributed by atoms with Gasteiger partial charge in [0.2, 0.25) is 0 Å². The lowest BCUT2D eigenvalue weighted by atomic mass is 10.2. The number of sulfonamides is 1. The summed E-state index contributed by atoms with van der Waals surface area (Å²) >= 11 is 0. The molecule has 4 N–H and O–H groups in total. The Morgan fingerprint density at radius 2 is 1.52 bits per heavy atom. The number of hydrogen-bond acceptors (Lipinski definition) is 5. The summed E-state index contributed by atoms with van der Waals surface area (Å²) in [5, 5.41) is 28.4. The number of aromatic hydroxyl groups is 3. The average Bonchev–Trinajstić information content (AvgIpc) is 2.37. The van der Waals surface area contributed by atoms with Gasteiger partial charge in [0.05, 0.1) is 0 Å². The van der Waals surface area contributed by atoms with Crippen molar-refractivity contribution in [2.24, 2.45) is 0 Å². The lowest BCUT2D eigenvalue weighted by Gasteiger charge is -2.11. The third kappa shape index (κ3) is 3.09. The van der Waals surface area contributed by atoms with E-state index >= 15 is 0 Å². The van der Waals surface area contributed by atoms with E-state index in [1.807, 2.05) is 0 Å². The van der Waals surface area contributed by atoms with Gasteiger partial charge in [0.1, 0.15) is 17.2 Å². The molecule has 0 spiro atoms. The van der Waals surface area contributed by atoms with Crippen molar-refractivity contribution in [3.63, 3.8) is 0 Å². The van der Waals surface area contributed by atoms with Crippen molar-refractivity contribution in [3.8, 4) is 17.2 Å². The second-order valence-corrected chi connectivity index (χ2v) is 5.86. The van der Waals surface area contributed by atoms with Gasteiger partial charge in [-0.2, -0.15) is 0 Å². The molecule has 0 unspecified atom stereocenters. The van der Waals surface area contributed by atoms with Crippen molar-refractivity contribution < 1.29 is 23.7 Å². The number of rotatable bonds is 4. The molecule has 0 bridgehead atoms.